The largest absolute Gasteiger partial charge is 0.468 e. The van der Waals surface area contributed by atoms with Crippen molar-refractivity contribution in [3.8, 4) is 0 Å². The van der Waals surface area contributed by atoms with E-state index in [1.54, 1.807) is 12.1 Å². The van der Waals surface area contributed by atoms with Gasteiger partial charge in [0.2, 0.25) is 10.0 Å². The van der Waals surface area contributed by atoms with E-state index in [-0.39, 0.29) is 5.92 Å². The van der Waals surface area contributed by atoms with Gasteiger partial charge < -0.3 is 4.42 Å². The summed E-state index contributed by atoms with van der Waals surface area (Å²) in [6.07, 6.45) is 6.31. The number of sulfonamides is 1. The minimum absolute atomic E-state index is 0.0397. The van der Waals surface area contributed by atoms with Gasteiger partial charge in [0, 0.05) is 13.1 Å². The van der Waals surface area contributed by atoms with Crippen LogP contribution in [0.3, 0.4) is 0 Å². The number of benzene rings is 1. The maximum absolute atomic E-state index is 12.9. The van der Waals surface area contributed by atoms with E-state index in [0.29, 0.717) is 18.0 Å². The molecule has 0 N–H and O–H groups in total. The molecular weight excluding hydrogens is 334 g/mol. The average molecular weight is 357 g/mol. The zero-order chi connectivity index (χ0) is 17.6. The predicted molar refractivity (Wildman–Crippen MR) is 97.2 cm³/mol. The van der Waals surface area contributed by atoms with E-state index in [9.17, 15) is 8.42 Å². The minimum Gasteiger partial charge on any atom is -0.468 e. The van der Waals surface area contributed by atoms with E-state index in [4.69, 9.17) is 4.42 Å². The van der Waals surface area contributed by atoms with Crippen LogP contribution in [0.2, 0.25) is 0 Å². The van der Waals surface area contributed by atoms with Crippen molar-refractivity contribution >= 4 is 10.0 Å². The molecule has 2 heterocycles. The van der Waals surface area contributed by atoms with Crippen LogP contribution >= 0.6 is 0 Å². The highest BCUT2D eigenvalue weighted by atomic mass is 32.2. The monoisotopic (exact) mass is 357 g/mol. The van der Waals surface area contributed by atoms with E-state index in [0.717, 1.165) is 29.7 Å². The fraction of sp³-hybridized carbons (Fsp3) is 0.400. The molecule has 0 saturated carbocycles. The van der Waals surface area contributed by atoms with E-state index in [1.165, 1.54) is 28.3 Å². The van der Waals surface area contributed by atoms with Crippen LogP contribution in [0.25, 0.3) is 0 Å². The Kier molecular flexibility index (Phi) is 4.08. The van der Waals surface area contributed by atoms with Gasteiger partial charge in [-0.3, -0.25) is 0 Å². The molecule has 1 aliphatic carbocycles. The lowest BCUT2D eigenvalue weighted by atomic mass is 9.89. The van der Waals surface area contributed by atoms with Gasteiger partial charge in [0.25, 0.3) is 0 Å². The third kappa shape index (κ3) is 2.85. The van der Waals surface area contributed by atoms with Crippen LogP contribution < -0.4 is 0 Å². The summed E-state index contributed by atoms with van der Waals surface area (Å²) in [7, 11) is -3.50. The van der Waals surface area contributed by atoms with E-state index >= 15 is 0 Å². The highest BCUT2D eigenvalue weighted by molar-refractivity contribution is 7.89. The third-order valence-electron chi connectivity index (χ3n) is 5.37. The molecular formula is C20H23NO3S. The maximum Gasteiger partial charge on any atom is 0.243 e. The standard InChI is InChI=1S/C20H23NO3S/c1-14-7-9-17(10-8-14)25(22,23)21-11-15(2)19(12-21)20-18-6-4-3-5-16(18)13-24-20/h7-10,13,19H,2-6,11-12H2,1H3. The van der Waals surface area contributed by atoms with Gasteiger partial charge in [0.1, 0.15) is 5.76 Å². The molecule has 4 rings (SSSR count). The van der Waals surface area contributed by atoms with E-state index < -0.39 is 10.0 Å². The van der Waals surface area contributed by atoms with Crippen LogP contribution in [0.15, 0.2) is 52.0 Å². The van der Waals surface area contributed by atoms with Gasteiger partial charge in [-0.15, -0.1) is 0 Å². The summed E-state index contributed by atoms with van der Waals surface area (Å²) in [5.41, 5.74) is 4.53. The quantitative estimate of drug-likeness (QED) is 0.785. The zero-order valence-corrected chi connectivity index (χ0v) is 15.3. The van der Waals surface area contributed by atoms with Crippen LogP contribution in [0.1, 0.15) is 41.2 Å². The maximum atomic E-state index is 12.9. The predicted octanol–water partition coefficient (Wildman–Crippen LogP) is 3.81. The lowest BCUT2D eigenvalue weighted by molar-refractivity contribution is 0.444. The summed E-state index contributed by atoms with van der Waals surface area (Å²) < 4.78 is 33.3. The Hall–Kier alpha value is -1.85. The molecule has 2 aromatic rings. The van der Waals surface area contributed by atoms with Gasteiger partial charge in [-0.1, -0.05) is 29.8 Å². The number of aryl methyl sites for hydroxylation is 2. The summed E-state index contributed by atoms with van der Waals surface area (Å²) in [4.78, 5) is 0.341. The zero-order valence-electron chi connectivity index (χ0n) is 14.5. The second-order valence-corrected chi connectivity index (χ2v) is 9.07. The number of nitrogens with zero attached hydrogens (tertiary/aromatic N) is 1. The van der Waals surface area contributed by atoms with Crippen molar-refractivity contribution < 1.29 is 12.8 Å². The number of fused-ring (bicyclic) bond motifs is 1. The fourth-order valence-corrected chi connectivity index (χ4v) is 5.34. The van der Waals surface area contributed by atoms with Gasteiger partial charge in [-0.2, -0.15) is 4.31 Å². The van der Waals surface area contributed by atoms with Gasteiger partial charge in [-0.25, -0.2) is 8.42 Å². The Bertz CT molecular complexity index is 909. The van der Waals surface area contributed by atoms with Gasteiger partial charge in [0.15, 0.2) is 0 Å². The molecule has 1 aromatic carbocycles. The Balaban J connectivity index is 1.62. The van der Waals surface area contributed by atoms with Crippen molar-refractivity contribution in [2.45, 2.75) is 43.4 Å². The van der Waals surface area contributed by atoms with Gasteiger partial charge in [0.05, 0.1) is 17.1 Å². The molecule has 5 heteroatoms. The molecule has 0 spiro atoms. The molecule has 0 radical (unpaired) electrons. The highest BCUT2D eigenvalue weighted by Gasteiger charge is 2.38. The van der Waals surface area contributed by atoms with E-state index in [2.05, 4.69) is 6.58 Å². The first-order valence-electron chi connectivity index (χ1n) is 8.80. The van der Waals surface area contributed by atoms with E-state index in [1.807, 2.05) is 25.3 Å². The van der Waals surface area contributed by atoms with Crippen molar-refractivity contribution in [2.75, 3.05) is 13.1 Å². The molecule has 0 bridgehead atoms. The Morgan fingerprint density at radius 1 is 1.16 bits per heavy atom. The molecule has 1 unspecified atom stereocenters. The van der Waals surface area contributed by atoms with Crippen LogP contribution in [0.5, 0.6) is 0 Å². The van der Waals surface area contributed by atoms with Crippen LogP contribution in [0, 0.1) is 6.92 Å². The molecule has 1 atom stereocenters. The van der Waals surface area contributed by atoms with Crippen LogP contribution in [-0.4, -0.2) is 25.8 Å². The van der Waals surface area contributed by atoms with Crippen molar-refractivity contribution in [2.24, 2.45) is 0 Å². The summed E-state index contributed by atoms with van der Waals surface area (Å²) >= 11 is 0. The molecule has 1 fully saturated rings. The highest BCUT2D eigenvalue weighted by Crippen LogP contribution is 2.39. The number of rotatable bonds is 3. The molecule has 1 aromatic heterocycles. The van der Waals surface area contributed by atoms with Crippen LogP contribution in [-0.2, 0) is 22.9 Å². The second-order valence-electron chi connectivity index (χ2n) is 7.13. The summed E-state index contributed by atoms with van der Waals surface area (Å²) in [6.45, 7) is 6.86. The van der Waals surface area contributed by atoms with Crippen molar-refractivity contribution in [3.63, 3.8) is 0 Å². The number of hydrogen-bond donors (Lipinski definition) is 0. The molecule has 0 amide bonds. The molecule has 25 heavy (non-hydrogen) atoms. The smallest absolute Gasteiger partial charge is 0.243 e. The first-order valence-corrected chi connectivity index (χ1v) is 10.2. The molecule has 2 aliphatic rings. The van der Waals surface area contributed by atoms with Gasteiger partial charge in [-0.05, 0) is 55.9 Å². The molecule has 1 saturated heterocycles. The van der Waals surface area contributed by atoms with Crippen molar-refractivity contribution in [1.82, 2.24) is 4.31 Å². The van der Waals surface area contributed by atoms with Gasteiger partial charge >= 0.3 is 0 Å². The number of hydrogen-bond acceptors (Lipinski definition) is 3. The second kappa shape index (κ2) is 6.15. The number of furan rings is 1. The fourth-order valence-electron chi connectivity index (χ4n) is 3.88. The average Bonchev–Trinajstić information content (AvgIpc) is 3.19. The van der Waals surface area contributed by atoms with Crippen LogP contribution in [0.4, 0.5) is 0 Å². The SMILES string of the molecule is C=C1CN(S(=O)(=O)c2ccc(C)cc2)CC1c1occ2c1CCCC2. The molecule has 4 nitrogen and oxygen atoms in total. The lowest BCUT2D eigenvalue weighted by Gasteiger charge is -2.17. The Morgan fingerprint density at radius 2 is 1.88 bits per heavy atom. The lowest BCUT2D eigenvalue weighted by Crippen LogP contribution is -2.28. The first-order chi connectivity index (χ1) is 12.0. The van der Waals surface area contributed by atoms with Crippen molar-refractivity contribution in [3.05, 3.63) is 65.1 Å². The Labute approximate surface area is 149 Å². The summed E-state index contributed by atoms with van der Waals surface area (Å²) in [5, 5.41) is 0. The topological polar surface area (TPSA) is 50.5 Å². The molecule has 132 valence electrons. The first kappa shape index (κ1) is 16.6. The minimum atomic E-state index is -3.50. The Morgan fingerprint density at radius 3 is 2.64 bits per heavy atom. The normalized spacial score (nSPS) is 21.5. The summed E-state index contributed by atoms with van der Waals surface area (Å²) in [5.74, 6) is 0.892. The molecule has 1 aliphatic heterocycles. The van der Waals surface area contributed by atoms with Crippen molar-refractivity contribution in [1.29, 1.82) is 0 Å². The third-order valence-corrected chi connectivity index (χ3v) is 7.20. The summed E-state index contributed by atoms with van der Waals surface area (Å²) in [6, 6.07) is 7.02.